The fraction of sp³-hybridized carbons (Fsp3) is 0.308. The molecule has 0 aliphatic carbocycles. The minimum absolute atomic E-state index is 0.185. The molecule has 1 atom stereocenters. The van der Waals surface area contributed by atoms with Gasteiger partial charge in [-0.15, -0.1) is 0 Å². The number of halogens is 2. The first-order valence-electron chi connectivity index (χ1n) is 5.82. The fourth-order valence-corrected chi connectivity index (χ4v) is 2.36. The third kappa shape index (κ3) is 3.48. The van der Waals surface area contributed by atoms with Crippen LogP contribution in [0.25, 0.3) is 0 Å². The largest absolute Gasteiger partial charge is 0.308 e. The Morgan fingerprint density at radius 3 is 2.89 bits per heavy atom. The number of hydrogen-bond acceptors (Lipinski definition) is 2. The molecule has 3 nitrogen and oxygen atoms in total. The molecule has 5 heteroatoms. The van der Waals surface area contributed by atoms with Gasteiger partial charge in [0.2, 0.25) is 0 Å². The molecule has 2 rings (SSSR count). The monoisotopic (exact) mass is 283 g/mol. The normalized spacial score (nSPS) is 12.6. The number of hydrogen-bond donors (Lipinski definition) is 1. The van der Waals surface area contributed by atoms with Crippen molar-refractivity contribution in [2.75, 3.05) is 6.54 Å². The van der Waals surface area contributed by atoms with Gasteiger partial charge < -0.3 is 5.32 Å². The number of nitrogens with zero attached hydrogens (tertiary/aromatic N) is 2. The first kappa shape index (κ1) is 13.4. The van der Waals surface area contributed by atoms with Crippen LogP contribution in [0, 0.1) is 0 Å². The Bertz CT molecular complexity index is 497. The summed E-state index contributed by atoms with van der Waals surface area (Å²) in [4.78, 5) is 0. The molecular formula is C13H15Cl2N3. The molecule has 0 aliphatic heterocycles. The van der Waals surface area contributed by atoms with E-state index in [1.807, 2.05) is 29.1 Å². The maximum atomic E-state index is 6.16. The molecule has 1 unspecified atom stereocenters. The molecular weight excluding hydrogens is 269 g/mol. The quantitative estimate of drug-likeness (QED) is 0.910. The van der Waals surface area contributed by atoms with Crippen LogP contribution in [0.2, 0.25) is 10.0 Å². The van der Waals surface area contributed by atoms with Gasteiger partial charge >= 0.3 is 0 Å². The van der Waals surface area contributed by atoms with Crippen molar-refractivity contribution in [3.05, 3.63) is 52.3 Å². The smallest absolute Gasteiger partial charge is 0.0534 e. The van der Waals surface area contributed by atoms with Crippen LogP contribution in [-0.4, -0.2) is 16.3 Å². The summed E-state index contributed by atoms with van der Waals surface area (Å²) in [6.07, 6.45) is 3.72. The summed E-state index contributed by atoms with van der Waals surface area (Å²) < 4.78 is 1.89. The molecule has 96 valence electrons. The van der Waals surface area contributed by atoms with Crippen molar-refractivity contribution in [3.8, 4) is 0 Å². The highest BCUT2D eigenvalue weighted by Gasteiger charge is 2.09. The first-order valence-corrected chi connectivity index (χ1v) is 6.58. The molecule has 0 fully saturated rings. The fourth-order valence-electron chi connectivity index (χ4n) is 1.79. The summed E-state index contributed by atoms with van der Waals surface area (Å²) in [7, 11) is 0. The van der Waals surface area contributed by atoms with Gasteiger partial charge in [0.15, 0.2) is 0 Å². The average molecular weight is 284 g/mol. The lowest BCUT2D eigenvalue weighted by Crippen LogP contribution is -2.23. The molecule has 0 bridgehead atoms. The van der Waals surface area contributed by atoms with E-state index in [0.717, 1.165) is 18.7 Å². The Hall–Kier alpha value is -1.03. The van der Waals surface area contributed by atoms with Crippen molar-refractivity contribution in [2.24, 2.45) is 0 Å². The van der Waals surface area contributed by atoms with E-state index >= 15 is 0 Å². The zero-order valence-corrected chi connectivity index (χ0v) is 11.6. The van der Waals surface area contributed by atoms with E-state index in [0.29, 0.717) is 10.0 Å². The number of nitrogens with one attached hydrogen (secondary N) is 1. The number of benzene rings is 1. The zero-order valence-electron chi connectivity index (χ0n) is 10.1. The lowest BCUT2D eigenvalue weighted by molar-refractivity contribution is 0.507. The van der Waals surface area contributed by atoms with E-state index in [-0.39, 0.29) is 6.04 Å². The Labute approximate surface area is 117 Å². The summed E-state index contributed by atoms with van der Waals surface area (Å²) in [5.41, 5.74) is 1.06. The Balaban J connectivity index is 1.89. The van der Waals surface area contributed by atoms with E-state index in [1.54, 1.807) is 12.3 Å². The van der Waals surface area contributed by atoms with E-state index in [4.69, 9.17) is 23.2 Å². The highest BCUT2D eigenvalue weighted by molar-refractivity contribution is 6.35. The Morgan fingerprint density at radius 2 is 2.22 bits per heavy atom. The van der Waals surface area contributed by atoms with Gasteiger partial charge in [0.1, 0.15) is 0 Å². The third-order valence-corrected chi connectivity index (χ3v) is 3.34. The maximum Gasteiger partial charge on any atom is 0.0534 e. The SMILES string of the molecule is CC(NCCn1cccn1)c1ccc(Cl)cc1Cl. The second-order valence-corrected chi connectivity index (χ2v) is 4.95. The molecule has 1 N–H and O–H groups in total. The highest BCUT2D eigenvalue weighted by atomic mass is 35.5. The molecule has 0 aliphatic rings. The second kappa shape index (κ2) is 6.23. The lowest BCUT2D eigenvalue weighted by Gasteiger charge is -2.15. The van der Waals surface area contributed by atoms with Gasteiger partial charge in [0.05, 0.1) is 6.54 Å². The van der Waals surface area contributed by atoms with Crippen LogP contribution in [-0.2, 0) is 6.54 Å². The standard InChI is InChI=1S/C13H15Cl2N3/c1-10(12-4-3-11(14)9-13(12)15)16-6-8-18-7-2-5-17-18/h2-5,7,9-10,16H,6,8H2,1H3. The number of aromatic nitrogens is 2. The number of rotatable bonds is 5. The molecule has 18 heavy (non-hydrogen) atoms. The summed E-state index contributed by atoms with van der Waals surface area (Å²) in [5, 5.41) is 8.91. The highest BCUT2D eigenvalue weighted by Crippen LogP contribution is 2.25. The molecule has 0 radical (unpaired) electrons. The summed E-state index contributed by atoms with van der Waals surface area (Å²) in [5.74, 6) is 0. The molecule has 1 aromatic heterocycles. The van der Waals surface area contributed by atoms with Crippen LogP contribution >= 0.6 is 23.2 Å². The predicted molar refractivity (Wildman–Crippen MR) is 75.1 cm³/mol. The van der Waals surface area contributed by atoms with Gasteiger partial charge in [0, 0.05) is 35.0 Å². The van der Waals surface area contributed by atoms with Crippen LogP contribution in [0.4, 0.5) is 0 Å². The van der Waals surface area contributed by atoms with Crippen molar-refractivity contribution in [1.82, 2.24) is 15.1 Å². The summed E-state index contributed by atoms with van der Waals surface area (Å²) >= 11 is 12.0. The van der Waals surface area contributed by atoms with Crippen molar-refractivity contribution in [3.63, 3.8) is 0 Å². The van der Waals surface area contributed by atoms with Gasteiger partial charge in [0.25, 0.3) is 0 Å². The van der Waals surface area contributed by atoms with Crippen LogP contribution in [0.1, 0.15) is 18.5 Å². The lowest BCUT2D eigenvalue weighted by atomic mass is 10.1. The van der Waals surface area contributed by atoms with Gasteiger partial charge in [-0.3, -0.25) is 4.68 Å². The van der Waals surface area contributed by atoms with Crippen LogP contribution in [0.5, 0.6) is 0 Å². The summed E-state index contributed by atoms with van der Waals surface area (Å²) in [6, 6.07) is 7.68. The second-order valence-electron chi connectivity index (χ2n) is 4.11. The van der Waals surface area contributed by atoms with Crippen molar-refractivity contribution in [1.29, 1.82) is 0 Å². The van der Waals surface area contributed by atoms with E-state index in [1.165, 1.54) is 0 Å². The van der Waals surface area contributed by atoms with Gasteiger partial charge in [-0.25, -0.2) is 0 Å². The maximum absolute atomic E-state index is 6.16. The van der Waals surface area contributed by atoms with Crippen molar-refractivity contribution < 1.29 is 0 Å². The molecule has 2 aromatic rings. The minimum atomic E-state index is 0.185. The summed E-state index contributed by atoms with van der Waals surface area (Å²) in [6.45, 7) is 3.75. The van der Waals surface area contributed by atoms with Crippen LogP contribution in [0.3, 0.4) is 0 Å². The van der Waals surface area contributed by atoms with Gasteiger partial charge in [-0.1, -0.05) is 29.3 Å². The molecule has 0 saturated carbocycles. The van der Waals surface area contributed by atoms with E-state index in [9.17, 15) is 0 Å². The molecule has 0 saturated heterocycles. The third-order valence-electron chi connectivity index (χ3n) is 2.78. The molecule has 1 aromatic carbocycles. The van der Waals surface area contributed by atoms with Gasteiger partial charge in [-0.05, 0) is 30.7 Å². The molecule has 1 heterocycles. The van der Waals surface area contributed by atoms with Crippen LogP contribution in [0.15, 0.2) is 36.7 Å². The molecule has 0 spiro atoms. The average Bonchev–Trinajstić information content (AvgIpc) is 2.81. The van der Waals surface area contributed by atoms with E-state index < -0.39 is 0 Å². The molecule has 0 amide bonds. The van der Waals surface area contributed by atoms with Crippen LogP contribution < -0.4 is 5.32 Å². The minimum Gasteiger partial charge on any atom is -0.308 e. The van der Waals surface area contributed by atoms with Crippen molar-refractivity contribution >= 4 is 23.2 Å². The van der Waals surface area contributed by atoms with E-state index in [2.05, 4.69) is 17.3 Å². The van der Waals surface area contributed by atoms with Crippen molar-refractivity contribution in [2.45, 2.75) is 19.5 Å². The Morgan fingerprint density at radius 1 is 1.39 bits per heavy atom. The zero-order chi connectivity index (χ0) is 13.0. The Kier molecular flexibility index (Phi) is 4.64. The first-order chi connectivity index (χ1) is 8.66. The topological polar surface area (TPSA) is 29.9 Å². The van der Waals surface area contributed by atoms with Gasteiger partial charge in [-0.2, -0.15) is 5.10 Å². The predicted octanol–water partition coefficient (Wildman–Crippen LogP) is 3.54.